The molecular weight excluding hydrogens is 472 g/mol. The number of hydrogen-bond acceptors (Lipinski definition) is 8. The Balaban J connectivity index is 1.71. The minimum atomic E-state index is -0.474. The van der Waals surface area contributed by atoms with E-state index in [4.69, 9.17) is 15.7 Å². The van der Waals surface area contributed by atoms with E-state index in [1.54, 1.807) is 19.2 Å². The summed E-state index contributed by atoms with van der Waals surface area (Å²) in [5, 5.41) is 3.60. The van der Waals surface area contributed by atoms with Gasteiger partial charge in [-0.3, -0.25) is 18.7 Å². The van der Waals surface area contributed by atoms with Crippen LogP contribution in [-0.4, -0.2) is 30.0 Å². The van der Waals surface area contributed by atoms with Crippen LogP contribution in [-0.2, 0) is 25.3 Å². The molecule has 0 atom stereocenters. The van der Waals surface area contributed by atoms with Gasteiger partial charge in [0.2, 0.25) is 5.91 Å². The number of hydrogen-bond donors (Lipinski definition) is 1. The Morgan fingerprint density at radius 2 is 1.74 bits per heavy atom. The first-order chi connectivity index (χ1) is 16.0. The molecule has 0 saturated heterocycles. The number of fused-ring (bicyclic) bond motifs is 1. The molecule has 0 spiro atoms. The summed E-state index contributed by atoms with van der Waals surface area (Å²) in [7, 11) is 3.06. The molecule has 0 bridgehead atoms. The number of thioether (sulfide) groups is 1. The smallest absolute Gasteiger partial charge is 0.332 e. The third-order valence-electron chi connectivity index (χ3n) is 5.26. The fourth-order valence-corrected chi connectivity index (χ4v) is 5.13. The van der Waals surface area contributed by atoms with Crippen molar-refractivity contribution in [3.63, 3.8) is 0 Å². The third kappa shape index (κ3) is 4.40. The summed E-state index contributed by atoms with van der Waals surface area (Å²) in [6.45, 7) is 5.95. The van der Waals surface area contributed by atoms with Crippen molar-refractivity contribution in [3.05, 3.63) is 67.6 Å². The fourth-order valence-electron chi connectivity index (χ4n) is 3.29. The molecule has 4 aromatic rings. The molecular formula is C23H24N6O3S2. The van der Waals surface area contributed by atoms with Crippen molar-refractivity contribution >= 4 is 40.0 Å². The van der Waals surface area contributed by atoms with E-state index in [-0.39, 0.29) is 5.41 Å². The third-order valence-corrected chi connectivity index (χ3v) is 7.21. The Hall–Kier alpha value is -3.31. The van der Waals surface area contributed by atoms with Crippen molar-refractivity contribution in [1.29, 1.82) is 0 Å². The molecule has 0 aliphatic carbocycles. The van der Waals surface area contributed by atoms with Gasteiger partial charge in [-0.15, -0.1) is 11.3 Å². The normalized spacial score (nSPS) is 11.8. The molecule has 0 aliphatic rings. The topological polar surface area (TPSA) is 126 Å². The second-order valence-corrected chi connectivity index (χ2v) is 10.7. The molecule has 4 rings (SSSR count). The predicted octanol–water partition coefficient (Wildman–Crippen LogP) is 2.84. The Morgan fingerprint density at radius 3 is 2.35 bits per heavy atom. The molecule has 1 amide bonds. The van der Waals surface area contributed by atoms with Crippen LogP contribution in [0.2, 0.25) is 0 Å². The lowest BCUT2D eigenvalue weighted by molar-refractivity contribution is 0.100. The van der Waals surface area contributed by atoms with E-state index in [0.29, 0.717) is 33.2 Å². The maximum Gasteiger partial charge on any atom is 0.332 e. The van der Waals surface area contributed by atoms with Crippen LogP contribution in [0.15, 0.2) is 44.3 Å². The van der Waals surface area contributed by atoms with Gasteiger partial charge < -0.3 is 5.73 Å². The summed E-state index contributed by atoms with van der Waals surface area (Å²) in [6, 6.07) is 6.98. The number of nitrogens with zero attached hydrogens (tertiary/aromatic N) is 5. The Kier molecular flexibility index (Phi) is 6.17. The highest BCUT2D eigenvalue weighted by Gasteiger charge is 2.23. The highest BCUT2D eigenvalue weighted by atomic mass is 32.2. The zero-order chi connectivity index (χ0) is 24.8. The number of benzene rings is 1. The number of rotatable bonds is 5. The lowest BCUT2D eigenvalue weighted by atomic mass is 9.96. The standard InChI is InChI=1S/C23H24N6O3S2/c1-23(2,3)21-26-17-15(20(31)29(5)22(32)28(17)4)19(27-21)34-11-14-10-33-18(25-14)13-8-6-12(7-9-13)16(24)30/h6-10H,11H2,1-5H3,(H2,24,30). The first-order valence-corrected chi connectivity index (χ1v) is 12.3. The SMILES string of the molecule is Cn1c(=O)c2c(SCc3csc(-c4ccc(C(N)=O)cc4)n3)nc(C(C)(C)C)nc2n(C)c1=O. The van der Waals surface area contributed by atoms with Gasteiger partial charge in [-0.25, -0.2) is 19.7 Å². The molecule has 0 fully saturated rings. The van der Waals surface area contributed by atoms with E-state index in [1.807, 2.05) is 38.3 Å². The number of carbonyl (C=O) groups excluding carboxylic acids is 1. The second kappa shape index (κ2) is 8.80. The quantitative estimate of drug-likeness (QED) is 0.333. The van der Waals surface area contributed by atoms with Crippen LogP contribution in [0, 0.1) is 0 Å². The van der Waals surface area contributed by atoms with Crippen LogP contribution in [0.4, 0.5) is 0 Å². The molecule has 3 heterocycles. The zero-order valence-corrected chi connectivity index (χ0v) is 21.1. The Morgan fingerprint density at radius 1 is 1.06 bits per heavy atom. The number of thiazole rings is 1. The first-order valence-electron chi connectivity index (χ1n) is 10.4. The van der Waals surface area contributed by atoms with Gasteiger partial charge in [0.05, 0.1) is 5.69 Å². The highest BCUT2D eigenvalue weighted by Crippen LogP contribution is 2.31. The predicted molar refractivity (Wildman–Crippen MR) is 134 cm³/mol. The Labute approximate surface area is 203 Å². The number of amides is 1. The largest absolute Gasteiger partial charge is 0.366 e. The van der Waals surface area contributed by atoms with Crippen LogP contribution < -0.4 is 17.0 Å². The molecule has 0 aliphatic heterocycles. The summed E-state index contributed by atoms with van der Waals surface area (Å²) in [5.74, 6) is 0.565. The number of aromatic nitrogens is 5. The van der Waals surface area contributed by atoms with Crippen LogP contribution in [0.5, 0.6) is 0 Å². The van der Waals surface area contributed by atoms with Gasteiger partial charge in [-0.2, -0.15) is 0 Å². The molecule has 34 heavy (non-hydrogen) atoms. The van der Waals surface area contributed by atoms with Crippen molar-refractivity contribution < 1.29 is 4.79 Å². The van der Waals surface area contributed by atoms with Gasteiger partial charge in [0.1, 0.15) is 21.2 Å². The van der Waals surface area contributed by atoms with E-state index >= 15 is 0 Å². The summed E-state index contributed by atoms with van der Waals surface area (Å²) in [4.78, 5) is 50.7. The van der Waals surface area contributed by atoms with Crippen molar-refractivity contribution in [1.82, 2.24) is 24.1 Å². The maximum absolute atomic E-state index is 13.0. The molecule has 9 nitrogen and oxygen atoms in total. The minimum Gasteiger partial charge on any atom is -0.366 e. The van der Waals surface area contributed by atoms with Gasteiger partial charge in [-0.1, -0.05) is 44.7 Å². The van der Waals surface area contributed by atoms with Gasteiger partial charge in [0, 0.05) is 41.8 Å². The minimum absolute atomic E-state index is 0.320. The van der Waals surface area contributed by atoms with Crippen molar-refractivity contribution in [2.45, 2.75) is 37.0 Å². The number of carbonyl (C=O) groups is 1. The van der Waals surface area contributed by atoms with E-state index in [2.05, 4.69) is 4.98 Å². The molecule has 3 aromatic heterocycles. The average Bonchev–Trinajstić information content (AvgIpc) is 3.28. The summed E-state index contributed by atoms with van der Waals surface area (Å²) in [6.07, 6.45) is 0. The zero-order valence-electron chi connectivity index (χ0n) is 19.4. The molecule has 0 saturated carbocycles. The monoisotopic (exact) mass is 496 g/mol. The van der Waals surface area contributed by atoms with E-state index in [1.165, 1.54) is 34.7 Å². The average molecular weight is 497 g/mol. The van der Waals surface area contributed by atoms with Gasteiger partial charge >= 0.3 is 5.69 Å². The summed E-state index contributed by atoms with van der Waals surface area (Å²) in [5.41, 5.74) is 6.57. The van der Waals surface area contributed by atoms with E-state index < -0.39 is 17.2 Å². The van der Waals surface area contributed by atoms with Crippen LogP contribution in [0.3, 0.4) is 0 Å². The molecule has 11 heteroatoms. The fraction of sp³-hybridized carbons (Fsp3) is 0.304. The van der Waals surface area contributed by atoms with Crippen LogP contribution in [0.25, 0.3) is 21.6 Å². The first kappa shape index (κ1) is 23.8. The highest BCUT2D eigenvalue weighted by molar-refractivity contribution is 7.98. The van der Waals surface area contributed by atoms with Gasteiger partial charge in [0.15, 0.2) is 5.65 Å². The van der Waals surface area contributed by atoms with Crippen molar-refractivity contribution in [2.75, 3.05) is 0 Å². The van der Waals surface area contributed by atoms with Crippen LogP contribution >= 0.6 is 23.1 Å². The van der Waals surface area contributed by atoms with Gasteiger partial charge in [0.25, 0.3) is 5.56 Å². The number of primary amides is 1. The van der Waals surface area contributed by atoms with Crippen LogP contribution in [0.1, 0.15) is 42.6 Å². The lowest BCUT2D eigenvalue weighted by Crippen LogP contribution is -2.38. The van der Waals surface area contributed by atoms with E-state index in [9.17, 15) is 14.4 Å². The molecule has 0 radical (unpaired) electrons. The summed E-state index contributed by atoms with van der Waals surface area (Å²) < 4.78 is 2.46. The number of aryl methyl sites for hydroxylation is 1. The molecule has 176 valence electrons. The van der Waals surface area contributed by atoms with Crippen molar-refractivity contribution in [3.8, 4) is 10.6 Å². The molecule has 0 unspecified atom stereocenters. The Bertz CT molecular complexity index is 1530. The summed E-state index contributed by atoms with van der Waals surface area (Å²) >= 11 is 2.88. The van der Waals surface area contributed by atoms with Gasteiger partial charge in [-0.05, 0) is 12.1 Å². The lowest BCUT2D eigenvalue weighted by Gasteiger charge is -2.19. The molecule has 1 aromatic carbocycles. The molecule has 2 N–H and O–H groups in total. The van der Waals surface area contributed by atoms with E-state index in [0.717, 1.165) is 20.8 Å². The van der Waals surface area contributed by atoms with Crippen molar-refractivity contribution in [2.24, 2.45) is 19.8 Å². The number of nitrogens with two attached hydrogens (primary N) is 1. The maximum atomic E-state index is 13.0. The second-order valence-electron chi connectivity index (χ2n) is 8.88.